The van der Waals surface area contributed by atoms with Crippen molar-refractivity contribution in [1.82, 2.24) is 0 Å². The quantitative estimate of drug-likeness (QED) is 0.826. The Kier molecular flexibility index (Phi) is 5.53. The van der Waals surface area contributed by atoms with E-state index in [0.717, 1.165) is 4.90 Å². The molecule has 1 N–H and O–H groups in total. The molecule has 2 rings (SSSR count). The fourth-order valence-electron chi connectivity index (χ4n) is 1.72. The Morgan fingerprint density at radius 3 is 2.57 bits per heavy atom. The summed E-state index contributed by atoms with van der Waals surface area (Å²) in [6, 6.07) is 14.6. The van der Waals surface area contributed by atoms with Crippen molar-refractivity contribution >= 4 is 35.0 Å². The third kappa shape index (κ3) is 4.69. The summed E-state index contributed by atoms with van der Waals surface area (Å²) in [7, 11) is 0. The van der Waals surface area contributed by atoms with Crippen molar-refractivity contribution in [3.63, 3.8) is 0 Å². The predicted octanol–water partition coefficient (Wildman–Crippen LogP) is 4.47. The van der Waals surface area contributed by atoms with E-state index < -0.39 is 6.10 Å². The maximum Gasteiger partial charge on any atom is 0.265 e. The number of benzene rings is 2. The molecule has 0 heterocycles. The van der Waals surface area contributed by atoms with Gasteiger partial charge in [-0.2, -0.15) is 0 Å². The van der Waals surface area contributed by atoms with Gasteiger partial charge in [-0.1, -0.05) is 17.7 Å². The van der Waals surface area contributed by atoms with Gasteiger partial charge in [0.2, 0.25) is 0 Å². The molecule has 0 saturated heterocycles. The number of amides is 1. The van der Waals surface area contributed by atoms with Crippen molar-refractivity contribution in [3.8, 4) is 5.75 Å². The number of anilines is 1. The zero-order valence-electron chi connectivity index (χ0n) is 11.8. The number of hydrogen-bond donors (Lipinski definition) is 1. The first-order valence-electron chi connectivity index (χ1n) is 6.45. The zero-order chi connectivity index (χ0) is 15.2. The van der Waals surface area contributed by atoms with Gasteiger partial charge in [0.25, 0.3) is 5.91 Å². The van der Waals surface area contributed by atoms with Crippen LogP contribution in [0.5, 0.6) is 5.75 Å². The molecular weight excluding hydrogens is 306 g/mol. The first-order valence-corrected chi connectivity index (χ1v) is 8.06. The number of ether oxygens (including phenoxy) is 1. The highest BCUT2D eigenvalue weighted by molar-refractivity contribution is 7.98. The van der Waals surface area contributed by atoms with E-state index >= 15 is 0 Å². The van der Waals surface area contributed by atoms with Crippen LogP contribution in [0, 0.1) is 0 Å². The standard InChI is InChI=1S/C16H16ClNO2S/c1-11(20-14-6-8-15(21-2)9-7-14)16(19)18-13-5-3-4-12(17)10-13/h3-11H,1-2H3,(H,18,19). The summed E-state index contributed by atoms with van der Waals surface area (Å²) in [4.78, 5) is 13.2. The Morgan fingerprint density at radius 2 is 1.95 bits per heavy atom. The van der Waals surface area contributed by atoms with Crippen LogP contribution in [0.4, 0.5) is 5.69 Å². The van der Waals surface area contributed by atoms with E-state index in [1.54, 1.807) is 43.0 Å². The Morgan fingerprint density at radius 1 is 1.24 bits per heavy atom. The van der Waals surface area contributed by atoms with Crippen LogP contribution in [-0.2, 0) is 4.79 Å². The largest absolute Gasteiger partial charge is 0.481 e. The Bertz CT molecular complexity index is 616. The molecule has 0 aliphatic carbocycles. The van der Waals surface area contributed by atoms with E-state index in [0.29, 0.717) is 16.5 Å². The third-order valence-corrected chi connectivity index (χ3v) is 3.81. The van der Waals surface area contributed by atoms with E-state index in [9.17, 15) is 4.79 Å². The smallest absolute Gasteiger partial charge is 0.265 e. The number of thioether (sulfide) groups is 1. The molecule has 0 fully saturated rings. The lowest BCUT2D eigenvalue weighted by Gasteiger charge is -2.15. The monoisotopic (exact) mass is 321 g/mol. The third-order valence-electron chi connectivity index (χ3n) is 2.83. The predicted molar refractivity (Wildman–Crippen MR) is 88.4 cm³/mol. The van der Waals surface area contributed by atoms with E-state index in [2.05, 4.69) is 5.32 Å². The molecule has 1 unspecified atom stereocenters. The fourth-order valence-corrected chi connectivity index (χ4v) is 2.32. The lowest BCUT2D eigenvalue weighted by Crippen LogP contribution is -2.30. The van der Waals surface area contributed by atoms with Gasteiger partial charge in [-0.15, -0.1) is 11.8 Å². The Hall–Kier alpha value is -1.65. The van der Waals surface area contributed by atoms with Crippen LogP contribution in [0.3, 0.4) is 0 Å². The molecule has 110 valence electrons. The van der Waals surface area contributed by atoms with Crippen molar-refractivity contribution in [1.29, 1.82) is 0 Å². The lowest BCUT2D eigenvalue weighted by atomic mass is 10.3. The molecule has 0 aliphatic rings. The topological polar surface area (TPSA) is 38.3 Å². The molecule has 0 radical (unpaired) electrons. The molecule has 1 amide bonds. The molecule has 0 aliphatic heterocycles. The van der Waals surface area contributed by atoms with Gasteiger partial charge in [-0.25, -0.2) is 0 Å². The number of halogens is 1. The second-order valence-electron chi connectivity index (χ2n) is 4.44. The number of nitrogens with one attached hydrogen (secondary N) is 1. The van der Waals surface area contributed by atoms with Gasteiger partial charge in [0.1, 0.15) is 5.75 Å². The highest BCUT2D eigenvalue weighted by Crippen LogP contribution is 2.20. The van der Waals surface area contributed by atoms with E-state index in [4.69, 9.17) is 16.3 Å². The highest BCUT2D eigenvalue weighted by atomic mass is 35.5. The van der Waals surface area contributed by atoms with Crippen molar-refractivity contribution in [2.75, 3.05) is 11.6 Å². The summed E-state index contributed by atoms with van der Waals surface area (Å²) in [6.45, 7) is 1.71. The van der Waals surface area contributed by atoms with Crippen LogP contribution in [0.1, 0.15) is 6.92 Å². The van der Waals surface area contributed by atoms with Gasteiger partial charge >= 0.3 is 0 Å². The van der Waals surface area contributed by atoms with Crippen molar-refractivity contribution < 1.29 is 9.53 Å². The highest BCUT2D eigenvalue weighted by Gasteiger charge is 2.14. The summed E-state index contributed by atoms with van der Waals surface area (Å²) in [6.07, 6.45) is 1.42. The number of rotatable bonds is 5. The van der Waals surface area contributed by atoms with Crippen molar-refractivity contribution in [3.05, 3.63) is 53.6 Å². The van der Waals surface area contributed by atoms with E-state index in [1.807, 2.05) is 30.5 Å². The summed E-state index contributed by atoms with van der Waals surface area (Å²) >= 11 is 7.54. The second kappa shape index (κ2) is 7.38. The molecule has 0 spiro atoms. The molecule has 0 saturated carbocycles. The van der Waals surface area contributed by atoms with Gasteiger partial charge in [-0.05, 0) is 55.6 Å². The minimum Gasteiger partial charge on any atom is -0.481 e. The van der Waals surface area contributed by atoms with Gasteiger partial charge in [0.15, 0.2) is 6.10 Å². The molecular formula is C16H16ClNO2S. The number of hydrogen-bond acceptors (Lipinski definition) is 3. The van der Waals surface area contributed by atoms with Crippen molar-refractivity contribution in [2.24, 2.45) is 0 Å². The first-order chi connectivity index (χ1) is 10.1. The van der Waals surface area contributed by atoms with Gasteiger partial charge in [0, 0.05) is 15.6 Å². The van der Waals surface area contributed by atoms with E-state index in [1.165, 1.54) is 0 Å². The molecule has 0 bridgehead atoms. The Balaban J connectivity index is 1.95. The van der Waals surface area contributed by atoms with Crippen LogP contribution in [0.25, 0.3) is 0 Å². The SMILES string of the molecule is CSc1ccc(OC(C)C(=O)Nc2cccc(Cl)c2)cc1. The molecule has 3 nitrogen and oxygen atoms in total. The average Bonchev–Trinajstić information content (AvgIpc) is 2.48. The minimum absolute atomic E-state index is 0.216. The van der Waals surface area contributed by atoms with Gasteiger partial charge in [-0.3, -0.25) is 4.79 Å². The zero-order valence-corrected chi connectivity index (χ0v) is 13.4. The molecule has 5 heteroatoms. The van der Waals surface area contributed by atoms with Crippen LogP contribution in [0.2, 0.25) is 5.02 Å². The van der Waals surface area contributed by atoms with Crippen molar-refractivity contribution in [2.45, 2.75) is 17.9 Å². The summed E-state index contributed by atoms with van der Waals surface area (Å²) in [5.41, 5.74) is 0.653. The summed E-state index contributed by atoms with van der Waals surface area (Å²) < 4.78 is 5.62. The average molecular weight is 322 g/mol. The normalized spacial score (nSPS) is 11.8. The molecule has 1 atom stereocenters. The molecule has 21 heavy (non-hydrogen) atoms. The lowest BCUT2D eigenvalue weighted by molar-refractivity contribution is -0.122. The molecule has 0 aromatic heterocycles. The Labute approximate surface area is 133 Å². The fraction of sp³-hybridized carbons (Fsp3) is 0.188. The first kappa shape index (κ1) is 15.7. The number of carbonyl (C=O) groups excluding carboxylic acids is 1. The molecule has 2 aromatic carbocycles. The van der Waals surface area contributed by atoms with Crippen LogP contribution < -0.4 is 10.1 Å². The van der Waals surface area contributed by atoms with Gasteiger partial charge < -0.3 is 10.1 Å². The maximum absolute atomic E-state index is 12.1. The number of carbonyl (C=O) groups is 1. The second-order valence-corrected chi connectivity index (χ2v) is 5.75. The maximum atomic E-state index is 12.1. The summed E-state index contributed by atoms with van der Waals surface area (Å²) in [5.74, 6) is 0.452. The summed E-state index contributed by atoms with van der Waals surface area (Å²) in [5, 5.41) is 3.35. The van der Waals surface area contributed by atoms with E-state index in [-0.39, 0.29) is 5.91 Å². The van der Waals surface area contributed by atoms with Crippen LogP contribution >= 0.6 is 23.4 Å². The van der Waals surface area contributed by atoms with Gasteiger partial charge in [0.05, 0.1) is 0 Å². The van der Waals surface area contributed by atoms with Crippen LogP contribution in [-0.4, -0.2) is 18.3 Å². The van der Waals surface area contributed by atoms with Crippen LogP contribution in [0.15, 0.2) is 53.4 Å². The minimum atomic E-state index is -0.593. The molecule has 2 aromatic rings.